The Morgan fingerprint density at radius 2 is 1.09 bits per heavy atom. The van der Waals surface area contributed by atoms with Gasteiger partial charge in [-0.1, -0.05) is 102 Å². The van der Waals surface area contributed by atoms with E-state index < -0.39 is 0 Å². The van der Waals surface area contributed by atoms with Gasteiger partial charge in [0.15, 0.2) is 0 Å². The second-order valence-corrected chi connectivity index (χ2v) is 15.3. The maximum atomic E-state index is 11.1. The van der Waals surface area contributed by atoms with E-state index in [0.717, 1.165) is 47.6 Å². The van der Waals surface area contributed by atoms with Gasteiger partial charge in [0.05, 0.1) is 0 Å². The molecule has 0 amide bonds. The highest BCUT2D eigenvalue weighted by molar-refractivity contribution is 7.99. The molecular weight excluding hydrogens is 581 g/mol. The minimum atomic E-state index is -0.127. The summed E-state index contributed by atoms with van der Waals surface area (Å²) in [4.78, 5) is 3.63. The second kappa shape index (κ2) is 14.5. The highest BCUT2D eigenvalue weighted by atomic mass is 32.2. The number of phenols is 1. The molecule has 238 valence electrons. The van der Waals surface area contributed by atoms with Gasteiger partial charge in [-0.05, 0) is 101 Å². The third kappa shape index (κ3) is 8.76. The molecule has 4 heteroatoms. The van der Waals surface area contributed by atoms with Crippen LogP contribution in [0.4, 0.5) is 22.7 Å². The largest absolute Gasteiger partial charge is 0.507 e. The van der Waals surface area contributed by atoms with Crippen molar-refractivity contribution in [3.05, 3.63) is 144 Å². The molecule has 0 radical (unpaired) electrons. The molecule has 0 fully saturated rings. The molecule has 0 bridgehead atoms. The third-order valence-electron chi connectivity index (χ3n) is 8.23. The minimum absolute atomic E-state index is 0.127. The number of rotatable bonds is 11. The van der Waals surface area contributed by atoms with E-state index in [-0.39, 0.29) is 10.8 Å². The van der Waals surface area contributed by atoms with E-state index in [0.29, 0.717) is 5.75 Å². The summed E-state index contributed by atoms with van der Waals surface area (Å²) in [5.41, 5.74) is 8.93. The molecule has 0 heterocycles. The first-order valence-corrected chi connectivity index (χ1v) is 17.3. The number of hydrogen-bond acceptors (Lipinski definition) is 4. The number of nitrogens with one attached hydrogen (secondary N) is 1. The number of aromatic hydroxyl groups is 1. The summed E-state index contributed by atoms with van der Waals surface area (Å²) in [6, 6.07) is 43.1. The van der Waals surface area contributed by atoms with Gasteiger partial charge in [-0.2, -0.15) is 0 Å². The van der Waals surface area contributed by atoms with E-state index in [9.17, 15) is 5.11 Å². The first-order chi connectivity index (χ1) is 22.0. The average Bonchev–Trinajstić information content (AvgIpc) is 3.03. The van der Waals surface area contributed by atoms with Crippen molar-refractivity contribution in [3.63, 3.8) is 0 Å². The maximum absolute atomic E-state index is 11.1. The van der Waals surface area contributed by atoms with Crippen LogP contribution in [0.15, 0.2) is 126 Å². The molecular formula is C42H48N2OS. The van der Waals surface area contributed by atoms with Gasteiger partial charge in [-0.25, -0.2) is 0 Å². The molecule has 0 spiro atoms. The topological polar surface area (TPSA) is 35.5 Å². The van der Waals surface area contributed by atoms with E-state index >= 15 is 0 Å². The van der Waals surface area contributed by atoms with Crippen molar-refractivity contribution in [2.45, 2.75) is 70.1 Å². The fraction of sp³-hybridized carbons (Fsp3) is 0.286. The first kappa shape index (κ1) is 33.2. The summed E-state index contributed by atoms with van der Waals surface area (Å²) in [5.74, 6) is 1.43. The summed E-state index contributed by atoms with van der Waals surface area (Å²) in [6.45, 7) is 13.9. The SMILES string of the molecule is CC(C)(C)c1cc(SCCCN(c2ccccc2)c2ccc(Nc3ccc(Cc4ccccc4)cc3)cc2)cc(C(C)(C)C)c1O. The smallest absolute Gasteiger partial charge is 0.123 e. The van der Waals surface area contributed by atoms with Crippen LogP contribution in [0.25, 0.3) is 0 Å². The molecule has 5 aromatic carbocycles. The Labute approximate surface area is 280 Å². The predicted octanol–water partition coefficient (Wildman–Crippen LogP) is 11.6. The van der Waals surface area contributed by atoms with Crippen LogP contribution in [0.5, 0.6) is 5.75 Å². The lowest BCUT2D eigenvalue weighted by atomic mass is 9.79. The van der Waals surface area contributed by atoms with Gasteiger partial charge in [0, 0.05) is 45.3 Å². The molecule has 2 N–H and O–H groups in total. The molecule has 0 aromatic heterocycles. The number of thioether (sulfide) groups is 1. The third-order valence-corrected chi connectivity index (χ3v) is 9.30. The van der Waals surface area contributed by atoms with Crippen LogP contribution in [0.1, 0.15) is 70.2 Å². The van der Waals surface area contributed by atoms with Crippen LogP contribution in [-0.2, 0) is 17.3 Å². The van der Waals surface area contributed by atoms with Crippen molar-refractivity contribution in [3.8, 4) is 5.75 Å². The average molecular weight is 629 g/mol. The van der Waals surface area contributed by atoms with Gasteiger partial charge in [-0.15, -0.1) is 11.8 Å². The Kier molecular flexibility index (Phi) is 10.5. The zero-order valence-corrected chi connectivity index (χ0v) is 29.0. The van der Waals surface area contributed by atoms with Crippen molar-refractivity contribution in [1.82, 2.24) is 0 Å². The Morgan fingerprint density at radius 3 is 1.63 bits per heavy atom. The standard InChI is InChI=1S/C42H48N2OS/c1-41(2,3)38-29-37(30-39(40(38)45)42(4,5)6)46-27-13-26-44(35-16-11-8-12-17-35)36-24-22-34(23-25-36)43-33-20-18-32(19-21-33)28-31-14-9-7-10-15-31/h7-12,14-25,29-30,43,45H,13,26-28H2,1-6H3. The summed E-state index contributed by atoms with van der Waals surface area (Å²) >= 11 is 1.88. The lowest BCUT2D eigenvalue weighted by Gasteiger charge is -2.28. The van der Waals surface area contributed by atoms with Crippen molar-refractivity contribution >= 4 is 34.5 Å². The van der Waals surface area contributed by atoms with Crippen LogP contribution in [0, 0.1) is 0 Å². The molecule has 5 rings (SSSR count). The van der Waals surface area contributed by atoms with Gasteiger partial charge in [0.25, 0.3) is 0 Å². The number of hydrogen-bond donors (Lipinski definition) is 2. The fourth-order valence-corrected chi connectivity index (χ4v) is 6.60. The van der Waals surface area contributed by atoms with E-state index in [2.05, 4.69) is 173 Å². The molecule has 5 aromatic rings. The first-order valence-electron chi connectivity index (χ1n) is 16.3. The number of nitrogens with zero attached hydrogens (tertiary/aromatic N) is 1. The Bertz CT molecular complexity index is 1650. The van der Waals surface area contributed by atoms with Gasteiger partial charge >= 0.3 is 0 Å². The van der Waals surface area contributed by atoms with Crippen LogP contribution in [0.2, 0.25) is 0 Å². The zero-order valence-electron chi connectivity index (χ0n) is 28.2. The van der Waals surface area contributed by atoms with E-state index in [1.807, 2.05) is 11.8 Å². The quantitative estimate of drug-likeness (QED) is 0.113. The summed E-state index contributed by atoms with van der Waals surface area (Å²) in [6.07, 6.45) is 1.96. The zero-order chi connectivity index (χ0) is 32.7. The van der Waals surface area contributed by atoms with Crippen molar-refractivity contribution < 1.29 is 5.11 Å². The highest BCUT2D eigenvalue weighted by Gasteiger charge is 2.26. The van der Waals surface area contributed by atoms with Crippen LogP contribution >= 0.6 is 11.8 Å². The molecule has 0 aliphatic rings. The lowest BCUT2D eigenvalue weighted by Crippen LogP contribution is -2.19. The lowest BCUT2D eigenvalue weighted by molar-refractivity contribution is 0.422. The Morgan fingerprint density at radius 1 is 0.609 bits per heavy atom. The molecule has 0 saturated heterocycles. The minimum Gasteiger partial charge on any atom is -0.507 e. The molecule has 0 saturated carbocycles. The molecule has 0 atom stereocenters. The maximum Gasteiger partial charge on any atom is 0.123 e. The van der Waals surface area contributed by atoms with Crippen molar-refractivity contribution in [1.29, 1.82) is 0 Å². The summed E-state index contributed by atoms with van der Waals surface area (Å²) in [7, 11) is 0. The van der Waals surface area contributed by atoms with E-state index in [1.165, 1.54) is 27.4 Å². The molecule has 3 nitrogen and oxygen atoms in total. The van der Waals surface area contributed by atoms with Crippen LogP contribution in [0.3, 0.4) is 0 Å². The van der Waals surface area contributed by atoms with Crippen LogP contribution in [-0.4, -0.2) is 17.4 Å². The Hall–Kier alpha value is -4.15. The van der Waals surface area contributed by atoms with Gasteiger partial charge in [0.1, 0.15) is 5.75 Å². The van der Waals surface area contributed by atoms with E-state index in [1.54, 1.807) is 0 Å². The molecule has 0 aliphatic carbocycles. The van der Waals surface area contributed by atoms with Gasteiger partial charge < -0.3 is 15.3 Å². The van der Waals surface area contributed by atoms with Crippen molar-refractivity contribution in [2.75, 3.05) is 22.5 Å². The highest BCUT2D eigenvalue weighted by Crippen LogP contribution is 2.42. The predicted molar refractivity (Wildman–Crippen MR) is 200 cm³/mol. The summed E-state index contributed by atoms with van der Waals surface area (Å²) in [5, 5.41) is 14.7. The molecule has 0 aliphatic heterocycles. The monoisotopic (exact) mass is 628 g/mol. The molecule has 46 heavy (non-hydrogen) atoms. The fourth-order valence-electron chi connectivity index (χ4n) is 5.69. The number of para-hydroxylation sites is 1. The van der Waals surface area contributed by atoms with E-state index in [4.69, 9.17) is 0 Å². The Balaban J connectivity index is 1.24. The molecule has 0 unspecified atom stereocenters. The van der Waals surface area contributed by atoms with Crippen molar-refractivity contribution in [2.24, 2.45) is 0 Å². The number of anilines is 4. The van der Waals surface area contributed by atoms with Gasteiger partial charge in [-0.3, -0.25) is 0 Å². The second-order valence-electron chi connectivity index (χ2n) is 14.1. The summed E-state index contributed by atoms with van der Waals surface area (Å²) < 4.78 is 0. The van der Waals surface area contributed by atoms with Crippen LogP contribution < -0.4 is 10.2 Å². The normalized spacial score (nSPS) is 11.8. The van der Waals surface area contributed by atoms with Gasteiger partial charge in [0.2, 0.25) is 0 Å². The number of phenolic OH excluding ortho intramolecular Hbond substituents is 1. The number of benzene rings is 5.